The van der Waals surface area contributed by atoms with Crippen molar-refractivity contribution in [2.24, 2.45) is 5.92 Å². The van der Waals surface area contributed by atoms with E-state index in [0.29, 0.717) is 18.1 Å². The fourth-order valence-electron chi connectivity index (χ4n) is 4.40. The van der Waals surface area contributed by atoms with E-state index in [1.54, 1.807) is 0 Å². The maximum absolute atomic E-state index is 12.5. The van der Waals surface area contributed by atoms with Crippen molar-refractivity contribution >= 4 is 17.5 Å². The third-order valence-corrected chi connectivity index (χ3v) is 5.94. The fourth-order valence-corrected chi connectivity index (χ4v) is 4.40. The number of aryl methyl sites for hydroxylation is 1. The smallest absolute Gasteiger partial charge is 0.260 e. The maximum Gasteiger partial charge on any atom is 0.260 e. The summed E-state index contributed by atoms with van der Waals surface area (Å²) in [7, 11) is 0. The van der Waals surface area contributed by atoms with Gasteiger partial charge in [-0.25, -0.2) is 0 Å². The second-order valence-electron chi connectivity index (χ2n) is 8.01. The number of anilines is 1. The van der Waals surface area contributed by atoms with Gasteiger partial charge in [-0.05, 0) is 68.5 Å². The van der Waals surface area contributed by atoms with E-state index in [1.165, 1.54) is 32.4 Å². The molecule has 3 aliphatic heterocycles. The van der Waals surface area contributed by atoms with Crippen LogP contribution in [0.4, 0.5) is 5.69 Å². The van der Waals surface area contributed by atoms with Crippen molar-refractivity contribution in [3.05, 3.63) is 23.8 Å². The zero-order valence-electron chi connectivity index (χ0n) is 15.9. The van der Waals surface area contributed by atoms with Gasteiger partial charge in [-0.1, -0.05) is 6.42 Å². The van der Waals surface area contributed by atoms with Gasteiger partial charge in [0.25, 0.3) is 5.91 Å². The van der Waals surface area contributed by atoms with Gasteiger partial charge in [-0.3, -0.25) is 9.59 Å². The molecule has 6 nitrogen and oxygen atoms in total. The van der Waals surface area contributed by atoms with Crippen LogP contribution in [0.3, 0.4) is 0 Å². The first-order valence-electron chi connectivity index (χ1n) is 10.2. The number of rotatable bonds is 5. The lowest BCUT2D eigenvalue weighted by molar-refractivity contribution is -0.132. The number of likely N-dealkylation sites (tertiary alicyclic amines) is 2. The molecule has 2 saturated heterocycles. The summed E-state index contributed by atoms with van der Waals surface area (Å²) in [6.07, 6.45) is 6.30. The number of hydrogen-bond donors (Lipinski definition) is 1. The van der Waals surface area contributed by atoms with E-state index in [1.807, 2.05) is 23.1 Å². The van der Waals surface area contributed by atoms with Gasteiger partial charge in [0.15, 0.2) is 6.61 Å². The van der Waals surface area contributed by atoms with Crippen molar-refractivity contribution in [1.82, 2.24) is 9.80 Å². The molecule has 1 aromatic carbocycles. The van der Waals surface area contributed by atoms with Crippen molar-refractivity contribution < 1.29 is 14.3 Å². The maximum atomic E-state index is 12.5. The van der Waals surface area contributed by atoms with Crippen LogP contribution in [0.25, 0.3) is 0 Å². The number of carbonyl (C=O) groups excluding carboxylic acids is 2. The molecule has 0 bridgehead atoms. The third kappa shape index (κ3) is 4.61. The largest absolute Gasteiger partial charge is 0.484 e. The number of nitrogens with zero attached hydrogens (tertiary/aromatic N) is 2. The second kappa shape index (κ2) is 8.30. The van der Waals surface area contributed by atoms with E-state index in [0.717, 1.165) is 43.7 Å². The van der Waals surface area contributed by atoms with Crippen LogP contribution < -0.4 is 10.1 Å². The normalized spacial score (nSPS) is 23.0. The van der Waals surface area contributed by atoms with Crippen LogP contribution in [0.2, 0.25) is 0 Å². The van der Waals surface area contributed by atoms with E-state index in [2.05, 4.69) is 10.2 Å². The molecular weight excluding hydrogens is 342 g/mol. The number of ether oxygens (including phenoxy) is 1. The Kier molecular flexibility index (Phi) is 5.62. The molecule has 0 aromatic heterocycles. The van der Waals surface area contributed by atoms with Gasteiger partial charge in [0.2, 0.25) is 5.91 Å². The molecule has 1 N–H and O–H groups in total. The van der Waals surface area contributed by atoms with Gasteiger partial charge < -0.3 is 19.9 Å². The first-order valence-corrected chi connectivity index (χ1v) is 10.2. The Morgan fingerprint density at radius 1 is 1.15 bits per heavy atom. The molecule has 0 saturated carbocycles. The van der Waals surface area contributed by atoms with Crippen LogP contribution >= 0.6 is 0 Å². The Morgan fingerprint density at radius 2 is 2.00 bits per heavy atom. The molecule has 0 spiro atoms. The van der Waals surface area contributed by atoms with E-state index in [9.17, 15) is 9.59 Å². The molecule has 2 fully saturated rings. The van der Waals surface area contributed by atoms with Gasteiger partial charge in [0.05, 0.1) is 0 Å². The van der Waals surface area contributed by atoms with Gasteiger partial charge in [0.1, 0.15) is 5.75 Å². The lowest BCUT2D eigenvalue weighted by atomic mass is 10.0. The van der Waals surface area contributed by atoms with E-state index in [-0.39, 0.29) is 18.4 Å². The first kappa shape index (κ1) is 18.3. The Labute approximate surface area is 160 Å². The Morgan fingerprint density at radius 3 is 2.85 bits per heavy atom. The molecule has 6 heteroatoms. The van der Waals surface area contributed by atoms with Crippen molar-refractivity contribution in [2.75, 3.05) is 44.6 Å². The summed E-state index contributed by atoms with van der Waals surface area (Å²) in [6.45, 7) is 5.34. The zero-order chi connectivity index (χ0) is 18.6. The molecular formula is C21H29N3O3. The lowest BCUT2D eigenvalue weighted by Crippen LogP contribution is -2.37. The van der Waals surface area contributed by atoms with Crippen LogP contribution in [0.15, 0.2) is 18.2 Å². The third-order valence-electron chi connectivity index (χ3n) is 5.94. The van der Waals surface area contributed by atoms with Crippen LogP contribution in [0, 0.1) is 5.92 Å². The van der Waals surface area contributed by atoms with Crippen LogP contribution in [-0.2, 0) is 16.0 Å². The summed E-state index contributed by atoms with van der Waals surface area (Å²) < 4.78 is 5.74. The van der Waals surface area contributed by atoms with Crippen molar-refractivity contribution in [3.63, 3.8) is 0 Å². The highest BCUT2D eigenvalue weighted by Gasteiger charge is 2.28. The van der Waals surface area contributed by atoms with Gasteiger partial charge in [-0.15, -0.1) is 0 Å². The average molecular weight is 371 g/mol. The molecule has 0 radical (unpaired) electrons. The van der Waals surface area contributed by atoms with Gasteiger partial charge in [-0.2, -0.15) is 0 Å². The molecule has 3 heterocycles. The number of hydrogen-bond acceptors (Lipinski definition) is 4. The minimum absolute atomic E-state index is 0.0551. The first-order chi connectivity index (χ1) is 13.2. The van der Waals surface area contributed by atoms with Gasteiger partial charge >= 0.3 is 0 Å². The SMILES string of the molecule is O=C1CCc2cc(OCC(=O)N3CCC(CN4CCCCC4)C3)ccc2N1. The summed E-state index contributed by atoms with van der Waals surface area (Å²) in [5, 5.41) is 2.86. The molecule has 146 valence electrons. The number of nitrogens with one attached hydrogen (secondary N) is 1. The molecule has 2 amide bonds. The van der Waals surface area contributed by atoms with Crippen LogP contribution in [0.1, 0.15) is 37.7 Å². The minimum atomic E-state index is 0.0551. The lowest BCUT2D eigenvalue weighted by Gasteiger charge is -2.29. The number of benzene rings is 1. The summed E-state index contributed by atoms with van der Waals surface area (Å²) in [5.74, 6) is 1.42. The van der Waals surface area contributed by atoms with Crippen LogP contribution in [0.5, 0.6) is 5.75 Å². The molecule has 3 aliphatic rings. The Balaban J connectivity index is 1.24. The molecule has 1 atom stereocenters. The topological polar surface area (TPSA) is 61.9 Å². The second-order valence-corrected chi connectivity index (χ2v) is 8.01. The number of amides is 2. The Bertz CT molecular complexity index is 700. The minimum Gasteiger partial charge on any atom is -0.484 e. The van der Waals surface area contributed by atoms with E-state index in [4.69, 9.17) is 4.74 Å². The quantitative estimate of drug-likeness (QED) is 0.863. The summed E-state index contributed by atoms with van der Waals surface area (Å²) in [6, 6.07) is 5.61. The molecule has 1 unspecified atom stereocenters. The van der Waals surface area contributed by atoms with E-state index < -0.39 is 0 Å². The number of carbonyl (C=O) groups is 2. The monoisotopic (exact) mass is 371 g/mol. The molecule has 0 aliphatic carbocycles. The Hall–Kier alpha value is -2.08. The predicted octanol–water partition coefficient (Wildman–Crippen LogP) is 2.28. The molecule has 1 aromatic rings. The highest BCUT2D eigenvalue weighted by atomic mass is 16.5. The number of piperidine rings is 1. The van der Waals surface area contributed by atoms with E-state index >= 15 is 0 Å². The summed E-state index contributed by atoms with van der Waals surface area (Å²) in [5.41, 5.74) is 1.92. The van der Waals surface area contributed by atoms with Crippen molar-refractivity contribution in [1.29, 1.82) is 0 Å². The molecule has 4 rings (SSSR count). The highest BCUT2D eigenvalue weighted by Crippen LogP contribution is 2.27. The highest BCUT2D eigenvalue weighted by molar-refractivity contribution is 5.94. The standard InChI is InChI=1S/C21H29N3O3/c25-20-7-4-17-12-18(5-6-19(17)22-20)27-15-21(26)24-11-8-16(14-24)13-23-9-2-1-3-10-23/h5-6,12,16H,1-4,7-11,13-15H2,(H,22,25). The van der Waals surface area contributed by atoms with Gasteiger partial charge in [0, 0.05) is 31.7 Å². The average Bonchev–Trinajstić information content (AvgIpc) is 3.15. The summed E-state index contributed by atoms with van der Waals surface area (Å²) in [4.78, 5) is 28.5. The van der Waals surface area contributed by atoms with Crippen molar-refractivity contribution in [2.45, 2.75) is 38.5 Å². The number of fused-ring (bicyclic) bond motifs is 1. The predicted molar refractivity (Wildman–Crippen MR) is 104 cm³/mol. The summed E-state index contributed by atoms with van der Waals surface area (Å²) >= 11 is 0. The zero-order valence-corrected chi connectivity index (χ0v) is 15.9. The fraction of sp³-hybridized carbons (Fsp3) is 0.619. The van der Waals surface area contributed by atoms with Crippen LogP contribution in [-0.4, -0.2) is 60.9 Å². The van der Waals surface area contributed by atoms with Crippen molar-refractivity contribution in [3.8, 4) is 5.75 Å². The molecule has 27 heavy (non-hydrogen) atoms.